The first-order valence-electron chi connectivity index (χ1n) is 12.4. The number of carbonyl (C=O) groups is 1. The van der Waals surface area contributed by atoms with Crippen molar-refractivity contribution in [1.29, 1.82) is 0 Å². The molecule has 0 radical (unpaired) electrons. The van der Waals surface area contributed by atoms with Gasteiger partial charge < -0.3 is 19.5 Å². The predicted molar refractivity (Wildman–Crippen MR) is 127 cm³/mol. The summed E-state index contributed by atoms with van der Waals surface area (Å²) in [6.07, 6.45) is 8.15. The van der Waals surface area contributed by atoms with Gasteiger partial charge in [0.2, 0.25) is 17.6 Å². The van der Waals surface area contributed by atoms with Gasteiger partial charge in [-0.2, -0.15) is 4.98 Å². The largest absolute Gasteiger partial charge is 0.497 e. The monoisotopic (exact) mass is 455 g/mol. The van der Waals surface area contributed by atoms with Gasteiger partial charge in [0.1, 0.15) is 5.75 Å². The van der Waals surface area contributed by atoms with Crippen molar-refractivity contribution in [3.63, 3.8) is 0 Å². The molecule has 0 unspecified atom stereocenters. The van der Waals surface area contributed by atoms with Gasteiger partial charge in [-0.15, -0.1) is 0 Å². The Morgan fingerprint density at radius 3 is 2.48 bits per heavy atom. The van der Waals surface area contributed by atoms with Crippen LogP contribution >= 0.6 is 0 Å². The van der Waals surface area contributed by atoms with Crippen LogP contribution in [0.25, 0.3) is 11.4 Å². The minimum Gasteiger partial charge on any atom is -0.497 e. The Balaban J connectivity index is 1.14. The molecular formula is C25H37N5O3. The van der Waals surface area contributed by atoms with Crippen molar-refractivity contribution in [2.24, 2.45) is 5.92 Å². The van der Waals surface area contributed by atoms with Gasteiger partial charge in [-0.1, -0.05) is 18.0 Å². The molecule has 2 aliphatic rings. The molecule has 2 fully saturated rings. The molecule has 2 aliphatic heterocycles. The molecule has 0 spiro atoms. The van der Waals surface area contributed by atoms with Crippen LogP contribution in [0.5, 0.6) is 5.75 Å². The molecule has 2 aromatic rings. The first-order valence-corrected chi connectivity index (χ1v) is 12.4. The number of nitrogens with one attached hydrogen (secondary N) is 1. The molecular weight excluding hydrogens is 418 g/mol. The first-order chi connectivity index (χ1) is 16.2. The third-order valence-electron chi connectivity index (χ3n) is 6.78. The molecule has 1 amide bonds. The summed E-state index contributed by atoms with van der Waals surface area (Å²) in [7, 11) is 1.64. The van der Waals surface area contributed by atoms with Crippen LogP contribution in [0.1, 0.15) is 50.8 Å². The van der Waals surface area contributed by atoms with Gasteiger partial charge in [0.15, 0.2) is 0 Å². The number of aromatic nitrogens is 2. The van der Waals surface area contributed by atoms with Crippen molar-refractivity contribution in [2.45, 2.75) is 51.5 Å². The number of benzene rings is 1. The Morgan fingerprint density at radius 1 is 1.06 bits per heavy atom. The number of piperidine rings is 1. The predicted octanol–water partition coefficient (Wildman–Crippen LogP) is 3.34. The zero-order chi connectivity index (χ0) is 22.9. The topological polar surface area (TPSA) is 83.7 Å². The molecule has 2 saturated heterocycles. The first kappa shape index (κ1) is 23.7. The van der Waals surface area contributed by atoms with Gasteiger partial charge in [-0.25, -0.2) is 0 Å². The molecule has 0 atom stereocenters. The zero-order valence-corrected chi connectivity index (χ0v) is 19.8. The van der Waals surface area contributed by atoms with E-state index in [0.29, 0.717) is 18.3 Å². The van der Waals surface area contributed by atoms with Crippen molar-refractivity contribution in [3.8, 4) is 17.1 Å². The molecule has 0 aliphatic carbocycles. The Kier molecular flexibility index (Phi) is 8.72. The highest BCUT2D eigenvalue weighted by Gasteiger charge is 2.26. The van der Waals surface area contributed by atoms with Crippen molar-refractivity contribution in [3.05, 3.63) is 30.2 Å². The molecule has 180 valence electrons. The summed E-state index contributed by atoms with van der Waals surface area (Å²) >= 11 is 0. The van der Waals surface area contributed by atoms with Crippen molar-refractivity contribution < 1.29 is 14.1 Å². The summed E-state index contributed by atoms with van der Waals surface area (Å²) in [6.45, 7) is 6.67. The molecule has 1 aromatic carbocycles. The summed E-state index contributed by atoms with van der Waals surface area (Å²) in [4.78, 5) is 22.0. The van der Waals surface area contributed by atoms with Crippen LogP contribution in [0.3, 0.4) is 0 Å². The van der Waals surface area contributed by atoms with Crippen molar-refractivity contribution >= 4 is 5.91 Å². The fourth-order valence-corrected chi connectivity index (χ4v) is 4.74. The van der Waals surface area contributed by atoms with Crippen LogP contribution in [-0.2, 0) is 11.3 Å². The Morgan fingerprint density at radius 2 is 1.79 bits per heavy atom. The molecule has 0 bridgehead atoms. The SMILES string of the molecule is COc1ccc(-c2noc(CN3CCC(C(=O)NCCCN4CCCCCC4)CC3)n2)cc1. The van der Waals surface area contributed by atoms with E-state index in [9.17, 15) is 4.79 Å². The summed E-state index contributed by atoms with van der Waals surface area (Å²) in [6, 6.07) is 7.61. The van der Waals surface area contributed by atoms with Gasteiger partial charge in [0, 0.05) is 18.0 Å². The number of hydrogen-bond acceptors (Lipinski definition) is 7. The minimum atomic E-state index is 0.108. The maximum atomic E-state index is 12.6. The average Bonchev–Trinajstić information content (AvgIpc) is 3.16. The molecule has 1 N–H and O–H groups in total. The summed E-state index contributed by atoms with van der Waals surface area (Å²) in [5, 5.41) is 7.28. The van der Waals surface area contributed by atoms with E-state index in [-0.39, 0.29) is 11.8 Å². The van der Waals surface area contributed by atoms with Gasteiger partial charge in [0.25, 0.3) is 0 Å². The fraction of sp³-hybridized carbons (Fsp3) is 0.640. The lowest BCUT2D eigenvalue weighted by atomic mass is 9.96. The number of amides is 1. The van der Waals surface area contributed by atoms with E-state index < -0.39 is 0 Å². The van der Waals surface area contributed by atoms with Crippen LogP contribution in [0.4, 0.5) is 0 Å². The maximum Gasteiger partial charge on any atom is 0.241 e. The lowest BCUT2D eigenvalue weighted by molar-refractivity contribution is -0.126. The Bertz CT molecular complexity index is 853. The zero-order valence-electron chi connectivity index (χ0n) is 19.8. The van der Waals surface area contributed by atoms with Crippen LogP contribution in [0, 0.1) is 5.92 Å². The smallest absolute Gasteiger partial charge is 0.241 e. The lowest BCUT2D eigenvalue weighted by Gasteiger charge is -2.30. The second-order valence-electron chi connectivity index (χ2n) is 9.19. The highest BCUT2D eigenvalue weighted by atomic mass is 16.5. The van der Waals surface area contributed by atoms with E-state index >= 15 is 0 Å². The summed E-state index contributed by atoms with van der Waals surface area (Å²) in [5.74, 6) is 2.31. The Hall–Kier alpha value is -2.45. The number of rotatable bonds is 9. The van der Waals surface area contributed by atoms with Crippen LogP contribution in [0.2, 0.25) is 0 Å². The average molecular weight is 456 g/mol. The van der Waals surface area contributed by atoms with Gasteiger partial charge >= 0.3 is 0 Å². The lowest BCUT2D eigenvalue weighted by Crippen LogP contribution is -2.41. The maximum absolute atomic E-state index is 12.6. The number of methoxy groups -OCH3 is 1. The quantitative estimate of drug-likeness (QED) is 0.581. The number of carbonyl (C=O) groups excluding carboxylic acids is 1. The van der Waals surface area contributed by atoms with Crippen molar-refractivity contribution in [1.82, 2.24) is 25.3 Å². The van der Waals surface area contributed by atoms with Gasteiger partial charge in [0.05, 0.1) is 13.7 Å². The molecule has 8 nitrogen and oxygen atoms in total. The van der Waals surface area contributed by atoms with Gasteiger partial charge in [-0.05, 0) is 89.1 Å². The van der Waals surface area contributed by atoms with E-state index in [0.717, 1.165) is 56.8 Å². The summed E-state index contributed by atoms with van der Waals surface area (Å²) < 4.78 is 10.7. The molecule has 1 aromatic heterocycles. The highest BCUT2D eigenvalue weighted by molar-refractivity contribution is 5.78. The molecule has 0 saturated carbocycles. The minimum absolute atomic E-state index is 0.108. The van der Waals surface area contributed by atoms with E-state index in [1.807, 2.05) is 24.3 Å². The standard InChI is InChI=1S/C25H37N5O3/c1-32-22-9-7-20(8-10-22)24-27-23(33-28-24)19-30-17-11-21(12-18-30)25(31)26-13-6-16-29-14-4-2-3-5-15-29/h7-10,21H,2-6,11-19H2,1H3,(H,26,31). The van der Waals surface area contributed by atoms with Crippen LogP contribution in [0.15, 0.2) is 28.8 Å². The van der Waals surface area contributed by atoms with E-state index in [4.69, 9.17) is 9.26 Å². The summed E-state index contributed by atoms with van der Waals surface area (Å²) in [5.41, 5.74) is 0.900. The van der Waals surface area contributed by atoms with E-state index in [1.165, 1.54) is 38.8 Å². The van der Waals surface area contributed by atoms with Gasteiger partial charge in [-0.3, -0.25) is 9.69 Å². The highest BCUT2D eigenvalue weighted by Crippen LogP contribution is 2.22. The number of likely N-dealkylation sites (tertiary alicyclic amines) is 2. The van der Waals surface area contributed by atoms with Crippen LogP contribution in [-0.4, -0.2) is 72.2 Å². The molecule has 8 heteroatoms. The molecule has 4 rings (SSSR count). The Labute approximate surface area is 196 Å². The normalized spacial score (nSPS) is 18.7. The second kappa shape index (κ2) is 12.1. The van der Waals surface area contributed by atoms with E-state index in [2.05, 4.69) is 25.3 Å². The molecule has 33 heavy (non-hydrogen) atoms. The fourth-order valence-electron chi connectivity index (χ4n) is 4.74. The second-order valence-corrected chi connectivity index (χ2v) is 9.19. The van der Waals surface area contributed by atoms with Crippen molar-refractivity contribution in [2.75, 3.05) is 46.4 Å². The number of hydrogen-bond donors (Lipinski definition) is 1. The number of nitrogens with zero attached hydrogens (tertiary/aromatic N) is 4. The number of ether oxygens (including phenoxy) is 1. The molecule has 3 heterocycles. The third kappa shape index (κ3) is 7.01. The van der Waals surface area contributed by atoms with Crippen LogP contribution < -0.4 is 10.1 Å². The van der Waals surface area contributed by atoms with E-state index in [1.54, 1.807) is 7.11 Å². The third-order valence-corrected chi connectivity index (χ3v) is 6.78.